The molecule has 0 amide bonds. The minimum Gasteiger partial charge on any atom is -0.143 e. The fraction of sp³-hybridized carbons (Fsp3) is 0.667. The van der Waals surface area contributed by atoms with Crippen molar-refractivity contribution < 1.29 is 0 Å². The second-order valence-corrected chi connectivity index (χ2v) is 2.37. The zero-order valence-electron chi connectivity index (χ0n) is 4.30. The van der Waals surface area contributed by atoms with E-state index in [-0.39, 0.29) is 14.9 Å². The van der Waals surface area contributed by atoms with Gasteiger partial charge in [0.15, 0.2) is 0 Å². The van der Waals surface area contributed by atoms with E-state index in [0.717, 1.165) is 5.69 Å². The Bertz CT molecular complexity index is 143. The molecule has 1 rings (SSSR count). The van der Waals surface area contributed by atoms with Crippen LogP contribution in [0.25, 0.3) is 0 Å². The molecule has 0 aliphatic heterocycles. The quantitative estimate of drug-likeness (QED) is 0.561. The predicted octanol–water partition coefficient (Wildman–Crippen LogP) is 2.43. The maximum Gasteiger partial charge on any atom is 0.0753 e. The van der Waals surface area contributed by atoms with Gasteiger partial charge in [-0.1, -0.05) is 19.3 Å². The number of aryl methyl sites for hydroxylation is 2. The summed E-state index contributed by atoms with van der Waals surface area (Å²) in [6, 6.07) is 0. The lowest BCUT2D eigenvalue weighted by molar-refractivity contribution is 1.08. The van der Waals surface area contributed by atoms with Gasteiger partial charge in [-0.25, -0.2) is 0 Å². The van der Waals surface area contributed by atoms with Crippen molar-refractivity contribution in [3.8, 4) is 0 Å². The first-order chi connectivity index (χ1) is 3.30. The van der Waals surface area contributed by atoms with Crippen LogP contribution in [0.3, 0.4) is 0 Å². The average molecular weight is 146 g/mol. The van der Waals surface area contributed by atoms with Crippen molar-refractivity contribution in [2.75, 3.05) is 0 Å². The van der Waals surface area contributed by atoms with Crippen LogP contribution in [0.2, 0.25) is 0 Å². The van der Waals surface area contributed by atoms with Crippen molar-refractivity contribution in [3.63, 3.8) is 0 Å². The molecule has 3 heteroatoms. The third-order valence-electron chi connectivity index (χ3n) is 0.878. The molecule has 0 atom stereocenters. The summed E-state index contributed by atoms with van der Waals surface area (Å²) >= 11 is 1.44. The molecule has 0 aliphatic rings. The number of nitrogens with zero attached hydrogens (tertiary/aromatic N) is 2. The summed E-state index contributed by atoms with van der Waals surface area (Å²) in [5.74, 6) is 0. The molecule has 1 heterocycles. The third-order valence-corrected chi connectivity index (χ3v) is 1.61. The fourth-order valence-electron chi connectivity index (χ4n) is 0.279. The summed E-state index contributed by atoms with van der Waals surface area (Å²) in [5.41, 5.74) is 1.05. The molecule has 0 unspecified atom stereocenters. The second kappa shape index (κ2) is 4.44. The van der Waals surface area contributed by atoms with E-state index in [9.17, 15) is 0 Å². The monoisotopic (exact) mass is 146 g/mol. The van der Waals surface area contributed by atoms with Gasteiger partial charge in [0.1, 0.15) is 0 Å². The number of hydrogen-bond donors (Lipinski definition) is 0. The molecule has 9 heavy (non-hydrogen) atoms. The van der Waals surface area contributed by atoms with Crippen LogP contribution < -0.4 is 0 Å². The van der Waals surface area contributed by atoms with Gasteiger partial charge >= 0.3 is 0 Å². The first-order valence-electron chi connectivity index (χ1n) is 2.06. The van der Waals surface area contributed by atoms with Gasteiger partial charge in [-0.05, 0) is 25.4 Å². The van der Waals surface area contributed by atoms with Gasteiger partial charge in [0.2, 0.25) is 0 Å². The van der Waals surface area contributed by atoms with Gasteiger partial charge in [-0.15, -0.1) is 5.10 Å². The molecule has 2 nitrogen and oxygen atoms in total. The van der Waals surface area contributed by atoms with Crippen LogP contribution in [0.5, 0.6) is 0 Å². The lowest BCUT2D eigenvalue weighted by Crippen LogP contribution is -1.70. The Kier molecular flexibility index (Phi) is 5.61. The van der Waals surface area contributed by atoms with E-state index in [1.807, 2.05) is 13.8 Å². The first kappa shape index (κ1) is 11.4. The van der Waals surface area contributed by atoms with Crippen LogP contribution in [0.15, 0.2) is 0 Å². The number of rotatable bonds is 0. The van der Waals surface area contributed by atoms with Crippen molar-refractivity contribution in [2.24, 2.45) is 0 Å². The van der Waals surface area contributed by atoms with Gasteiger partial charge < -0.3 is 0 Å². The highest BCUT2D eigenvalue weighted by Crippen LogP contribution is 2.04. The van der Waals surface area contributed by atoms with E-state index in [2.05, 4.69) is 9.59 Å². The Balaban J connectivity index is 0. The molecule has 0 spiro atoms. The minimum atomic E-state index is 0. The van der Waals surface area contributed by atoms with E-state index in [1.54, 1.807) is 0 Å². The molecule has 0 N–H and O–H groups in total. The normalized spacial score (nSPS) is 7.33. The predicted molar refractivity (Wildman–Crippen MR) is 42.8 cm³/mol. The van der Waals surface area contributed by atoms with Crippen molar-refractivity contribution in [3.05, 3.63) is 10.6 Å². The molecule has 54 valence electrons. The van der Waals surface area contributed by atoms with E-state index in [0.29, 0.717) is 0 Å². The Hall–Kier alpha value is -0.440. The van der Waals surface area contributed by atoms with Crippen molar-refractivity contribution in [1.82, 2.24) is 9.59 Å². The van der Waals surface area contributed by atoms with Crippen LogP contribution in [-0.4, -0.2) is 9.59 Å². The molecule has 0 radical (unpaired) electrons. The Labute approximate surface area is 61.1 Å². The molecular formula is C6H14N2S. The molecule has 0 saturated heterocycles. The van der Waals surface area contributed by atoms with Crippen LogP contribution in [-0.2, 0) is 0 Å². The summed E-state index contributed by atoms with van der Waals surface area (Å²) in [4.78, 5) is 1.21. The lowest BCUT2D eigenvalue weighted by atomic mass is 10.4. The van der Waals surface area contributed by atoms with Gasteiger partial charge in [0.25, 0.3) is 0 Å². The highest BCUT2D eigenvalue weighted by atomic mass is 32.1. The maximum atomic E-state index is 3.78. The highest BCUT2D eigenvalue weighted by Gasteiger charge is 1.91. The fourth-order valence-corrected chi connectivity index (χ4v) is 0.738. The number of hydrogen-bond acceptors (Lipinski definition) is 3. The molecule has 0 fully saturated rings. The zero-order valence-corrected chi connectivity index (χ0v) is 5.12. The zero-order chi connectivity index (χ0) is 5.28. The van der Waals surface area contributed by atoms with E-state index < -0.39 is 0 Å². The third kappa shape index (κ3) is 2.56. The Morgan fingerprint density at radius 3 is 1.89 bits per heavy atom. The smallest absolute Gasteiger partial charge is 0.0753 e. The summed E-state index contributed by atoms with van der Waals surface area (Å²) in [7, 11) is 0. The molecule has 1 aromatic heterocycles. The summed E-state index contributed by atoms with van der Waals surface area (Å²) in [6.07, 6.45) is 0. The van der Waals surface area contributed by atoms with E-state index in [4.69, 9.17) is 0 Å². The first-order valence-corrected chi connectivity index (χ1v) is 2.83. The van der Waals surface area contributed by atoms with E-state index in [1.165, 1.54) is 16.4 Å². The Morgan fingerprint density at radius 2 is 1.78 bits per heavy atom. The van der Waals surface area contributed by atoms with Gasteiger partial charge in [0, 0.05) is 4.88 Å². The van der Waals surface area contributed by atoms with Gasteiger partial charge in [0.05, 0.1) is 5.69 Å². The van der Waals surface area contributed by atoms with Gasteiger partial charge in [-0.2, -0.15) is 0 Å². The van der Waals surface area contributed by atoms with Gasteiger partial charge in [-0.3, -0.25) is 0 Å². The largest absolute Gasteiger partial charge is 0.143 e. The molecule has 0 aliphatic carbocycles. The highest BCUT2D eigenvalue weighted by molar-refractivity contribution is 7.05. The standard InChI is InChI=1S/C4H6N2S.2CH4/c1-3-4(2)7-6-5-3;;/h1-2H3;2*1H4. The van der Waals surface area contributed by atoms with Crippen LogP contribution >= 0.6 is 11.5 Å². The summed E-state index contributed by atoms with van der Waals surface area (Å²) in [6.45, 7) is 3.97. The van der Waals surface area contributed by atoms with Crippen LogP contribution in [0.1, 0.15) is 25.4 Å². The topological polar surface area (TPSA) is 25.8 Å². The molecule has 0 aromatic carbocycles. The molecule has 0 bridgehead atoms. The molecule has 0 saturated carbocycles. The number of aromatic nitrogens is 2. The summed E-state index contributed by atoms with van der Waals surface area (Å²) in [5, 5.41) is 3.78. The van der Waals surface area contributed by atoms with E-state index >= 15 is 0 Å². The molecular weight excluding hydrogens is 132 g/mol. The van der Waals surface area contributed by atoms with Crippen LogP contribution in [0.4, 0.5) is 0 Å². The summed E-state index contributed by atoms with van der Waals surface area (Å²) < 4.78 is 3.71. The SMILES string of the molecule is C.C.Cc1nnsc1C. The van der Waals surface area contributed by atoms with Crippen LogP contribution in [0, 0.1) is 13.8 Å². The lowest BCUT2D eigenvalue weighted by Gasteiger charge is -1.74. The molecule has 1 aromatic rings. The Morgan fingerprint density at radius 1 is 1.22 bits per heavy atom. The van der Waals surface area contributed by atoms with Crippen molar-refractivity contribution >= 4 is 11.5 Å². The maximum absolute atomic E-state index is 3.78. The van der Waals surface area contributed by atoms with Crippen molar-refractivity contribution in [2.45, 2.75) is 28.7 Å². The minimum absolute atomic E-state index is 0. The average Bonchev–Trinajstić information content (AvgIpc) is 1.91. The van der Waals surface area contributed by atoms with Crippen molar-refractivity contribution in [1.29, 1.82) is 0 Å². The second-order valence-electron chi connectivity index (χ2n) is 1.41.